The van der Waals surface area contributed by atoms with Gasteiger partial charge in [-0.25, -0.2) is 9.13 Å². The molecule has 0 amide bonds. The SMILES string of the molecule is CC/C=C\C/C=C\C/C=C\C/C=C\C/C=C\CCCCCCCCCCCCCCCCCCCC(=O)OCC(O)COP(=O)(O)OCC(O)COP(=O)(O)OCC(COC(=O)CCCCCCCCCCCCC/C=C\C/C=C\C/C=C\C/C=C\CCCCC)OC(=O)CCCCC/C=C\C/C=C\C/C=C\C/C=C\C/C=C\CC. The Morgan fingerprint density at radius 1 is 0.252 bits per heavy atom. The first-order valence-corrected chi connectivity index (χ1v) is 48.4. The lowest BCUT2D eigenvalue weighted by molar-refractivity contribution is -0.161. The van der Waals surface area contributed by atoms with Gasteiger partial charge >= 0.3 is 33.6 Å². The zero-order valence-corrected chi connectivity index (χ0v) is 74.2. The van der Waals surface area contributed by atoms with Crippen LogP contribution in [0, 0.1) is 0 Å². The highest BCUT2D eigenvalue weighted by Gasteiger charge is 2.29. The van der Waals surface area contributed by atoms with Crippen LogP contribution >= 0.6 is 15.6 Å². The van der Waals surface area contributed by atoms with Crippen molar-refractivity contribution in [3.05, 3.63) is 170 Å². The number of aliphatic hydroxyl groups is 2. The molecule has 4 N–H and O–H groups in total. The Morgan fingerprint density at radius 3 is 0.739 bits per heavy atom. The van der Waals surface area contributed by atoms with Gasteiger partial charge in [-0.05, 0) is 154 Å². The molecular formula is C97H164O16P2. The van der Waals surface area contributed by atoms with E-state index in [-0.39, 0.29) is 19.3 Å². The van der Waals surface area contributed by atoms with Crippen LogP contribution in [0.15, 0.2) is 170 Å². The minimum atomic E-state index is -4.95. The molecule has 0 aliphatic rings. The maximum Gasteiger partial charge on any atom is 0.472 e. The van der Waals surface area contributed by atoms with E-state index in [4.69, 9.17) is 32.3 Å². The van der Waals surface area contributed by atoms with E-state index >= 15 is 0 Å². The molecule has 0 saturated heterocycles. The van der Waals surface area contributed by atoms with Gasteiger partial charge < -0.3 is 34.2 Å². The van der Waals surface area contributed by atoms with Gasteiger partial charge in [0.25, 0.3) is 0 Å². The topological polar surface area (TPSA) is 231 Å². The predicted octanol–water partition coefficient (Wildman–Crippen LogP) is 27.9. The van der Waals surface area contributed by atoms with Crippen molar-refractivity contribution in [2.75, 3.05) is 39.6 Å². The van der Waals surface area contributed by atoms with Gasteiger partial charge in [0, 0.05) is 19.3 Å². The summed E-state index contributed by atoms with van der Waals surface area (Å²) in [6, 6.07) is 0. The molecule has 0 aromatic rings. The fraction of sp³-hybridized carbons (Fsp3) is 0.680. The van der Waals surface area contributed by atoms with Crippen molar-refractivity contribution in [2.45, 2.75) is 386 Å². The molecule has 658 valence electrons. The number of rotatable bonds is 85. The van der Waals surface area contributed by atoms with Crippen LogP contribution < -0.4 is 0 Å². The molecular weight excluding hydrogens is 1480 g/mol. The normalized spacial score (nSPS) is 14.6. The standard InChI is InChI=1S/C97H164O16P2/c1-4-7-10-13-16-19-22-25-28-31-34-36-38-40-42-43-44-45-46-47-49-51-52-54-57-59-62-65-68-71-74-77-80-83-95(100)107-86-92(98)87-109-114(103,104)110-88-93(99)89-111-115(105,106)112-91-94(113-97(102)85-82-79-76-73-70-67-64-61-56-33-30-27-24-21-18-15-12-9-6-3)90-108-96(101)84-81-78-75-72-69-66-63-60-58-55-53-50-48-41-39-37-35-32-29-26-23-20-17-14-11-8-5-2/h7,9-10,12,16-21,25-30,34-37,40-42,48,56,61,67,70,92-94,98-99H,4-6,8,11,13-15,22-24,31-33,38-39,43-47,49-55,57-60,62-66,68-69,71-91H2,1-3H3,(H,103,104)(H,105,106)/b10-7-,12-9-,19-16-,20-17-,21-18-,28-25-,29-26-,30-27-,36-34-,37-35-,42-40-,48-41-,61-56-,70-67-. The van der Waals surface area contributed by atoms with Crippen LogP contribution in [0.25, 0.3) is 0 Å². The minimum absolute atomic E-state index is 0.0606. The molecule has 0 aliphatic heterocycles. The van der Waals surface area contributed by atoms with E-state index in [9.17, 15) is 43.5 Å². The van der Waals surface area contributed by atoms with Crippen LogP contribution in [0.3, 0.4) is 0 Å². The van der Waals surface area contributed by atoms with Gasteiger partial charge in [0.15, 0.2) is 6.10 Å². The number of allylic oxidation sites excluding steroid dienone is 28. The Balaban J connectivity index is 4.55. The molecule has 0 fully saturated rings. The highest BCUT2D eigenvalue weighted by Crippen LogP contribution is 2.45. The summed E-state index contributed by atoms with van der Waals surface area (Å²) in [5.41, 5.74) is 0. The molecule has 16 nitrogen and oxygen atoms in total. The quantitative estimate of drug-likeness (QED) is 0.0146. The molecule has 0 rings (SSSR count). The van der Waals surface area contributed by atoms with Gasteiger partial charge in [0.1, 0.15) is 25.4 Å². The van der Waals surface area contributed by atoms with Crippen LogP contribution in [-0.2, 0) is 55.8 Å². The van der Waals surface area contributed by atoms with E-state index in [1.165, 1.54) is 154 Å². The fourth-order valence-electron chi connectivity index (χ4n) is 12.1. The number of ether oxygens (including phenoxy) is 3. The van der Waals surface area contributed by atoms with Crippen molar-refractivity contribution < 1.29 is 75.8 Å². The molecule has 0 spiro atoms. The number of carbonyl (C=O) groups excluding carboxylic acids is 3. The zero-order valence-electron chi connectivity index (χ0n) is 72.4. The number of phosphoric acid groups is 2. The third-order valence-electron chi connectivity index (χ3n) is 18.9. The average Bonchev–Trinajstić information content (AvgIpc) is 0.902. The molecule has 18 heteroatoms. The first kappa shape index (κ1) is 110. The highest BCUT2D eigenvalue weighted by molar-refractivity contribution is 7.47. The third kappa shape index (κ3) is 89.5. The molecule has 0 aromatic heterocycles. The Morgan fingerprint density at radius 2 is 0.461 bits per heavy atom. The summed E-state index contributed by atoms with van der Waals surface area (Å²) in [5.74, 6) is -1.61. The zero-order chi connectivity index (χ0) is 83.6. The van der Waals surface area contributed by atoms with Gasteiger partial charge in [-0.15, -0.1) is 0 Å². The van der Waals surface area contributed by atoms with E-state index in [0.29, 0.717) is 19.3 Å². The summed E-state index contributed by atoms with van der Waals surface area (Å²) in [6.45, 7) is 2.42. The second-order valence-electron chi connectivity index (χ2n) is 30.0. The Hall–Kier alpha value is -5.09. The van der Waals surface area contributed by atoms with Crippen molar-refractivity contribution >= 4 is 33.6 Å². The number of carbonyl (C=O) groups is 3. The van der Waals surface area contributed by atoms with E-state index in [1.54, 1.807) is 0 Å². The second kappa shape index (κ2) is 88.2. The van der Waals surface area contributed by atoms with Crippen molar-refractivity contribution in [3.63, 3.8) is 0 Å². The van der Waals surface area contributed by atoms with Crippen molar-refractivity contribution in [2.24, 2.45) is 0 Å². The molecule has 0 bridgehead atoms. The predicted molar refractivity (Wildman–Crippen MR) is 482 cm³/mol. The third-order valence-corrected chi connectivity index (χ3v) is 20.8. The lowest BCUT2D eigenvalue weighted by atomic mass is 10.0. The van der Waals surface area contributed by atoms with Gasteiger partial charge in [0.2, 0.25) is 0 Å². The van der Waals surface area contributed by atoms with Crippen LogP contribution in [0.5, 0.6) is 0 Å². The van der Waals surface area contributed by atoms with Crippen LogP contribution in [0.4, 0.5) is 0 Å². The van der Waals surface area contributed by atoms with Gasteiger partial charge in [0.05, 0.1) is 26.4 Å². The van der Waals surface area contributed by atoms with Gasteiger partial charge in [-0.3, -0.25) is 32.5 Å². The monoisotopic (exact) mass is 1650 g/mol. The Kier molecular flexibility index (Phi) is 84.3. The largest absolute Gasteiger partial charge is 0.472 e. The summed E-state index contributed by atoms with van der Waals surface area (Å²) in [6.07, 6.45) is 114. The number of hydrogen-bond donors (Lipinski definition) is 4. The first-order valence-electron chi connectivity index (χ1n) is 45.4. The van der Waals surface area contributed by atoms with E-state index in [2.05, 4.69) is 191 Å². The van der Waals surface area contributed by atoms with Crippen molar-refractivity contribution in [1.29, 1.82) is 0 Å². The molecule has 0 saturated carbocycles. The Labute approximate surface area is 701 Å². The van der Waals surface area contributed by atoms with Crippen molar-refractivity contribution in [1.82, 2.24) is 0 Å². The molecule has 0 aromatic carbocycles. The fourth-order valence-corrected chi connectivity index (χ4v) is 13.7. The van der Waals surface area contributed by atoms with Crippen molar-refractivity contribution in [3.8, 4) is 0 Å². The molecule has 5 atom stereocenters. The number of esters is 3. The summed E-state index contributed by atoms with van der Waals surface area (Å²) in [4.78, 5) is 58.9. The Bertz CT molecular complexity index is 2770. The summed E-state index contributed by atoms with van der Waals surface area (Å²) < 4.78 is 61.4. The molecule has 0 radical (unpaired) electrons. The van der Waals surface area contributed by atoms with Gasteiger partial charge in [-0.1, -0.05) is 364 Å². The van der Waals surface area contributed by atoms with E-state index < -0.39 is 91.5 Å². The minimum Gasteiger partial charge on any atom is -0.463 e. The molecule has 0 aliphatic carbocycles. The average molecular weight is 1650 g/mol. The summed E-state index contributed by atoms with van der Waals surface area (Å²) >= 11 is 0. The lowest BCUT2D eigenvalue weighted by Crippen LogP contribution is -2.30. The second-order valence-corrected chi connectivity index (χ2v) is 32.9. The highest BCUT2D eigenvalue weighted by atomic mass is 31.2. The first-order chi connectivity index (χ1) is 56.2. The maximum absolute atomic E-state index is 13.0. The van der Waals surface area contributed by atoms with E-state index in [1.807, 2.05) is 0 Å². The number of hydrogen-bond acceptors (Lipinski definition) is 14. The molecule has 5 unspecified atom stereocenters. The maximum atomic E-state index is 13.0. The molecule has 115 heavy (non-hydrogen) atoms. The number of phosphoric ester groups is 2. The van der Waals surface area contributed by atoms with Crippen LogP contribution in [0.1, 0.15) is 367 Å². The van der Waals surface area contributed by atoms with Crippen LogP contribution in [0.2, 0.25) is 0 Å². The van der Waals surface area contributed by atoms with Gasteiger partial charge in [-0.2, -0.15) is 0 Å². The molecule has 0 heterocycles. The van der Waals surface area contributed by atoms with E-state index in [0.717, 1.165) is 154 Å². The summed E-state index contributed by atoms with van der Waals surface area (Å²) in [7, 11) is -9.82. The summed E-state index contributed by atoms with van der Waals surface area (Å²) in [5, 5.41) is 20.7. The smallest absolute Gasteiger partial charge is 0.463 e. The lowest BCUT2D eigenvalue weighted by Gasteiger charge is -2.21. The van der Waals surface area contributed by atoms with Crippen LogP contribution in [-0.4, -0.2) is 95.9 Å². The number of unbranched alkanes of at least 4 members (excludes halogenated alkanes) is 34. The number of aliphatic hydroxyl groups excluding tert-OH is 2.